The zero-order chi connectivity index (χ0) is 19.1. The number of rotatable bonds is 7. The van der Waals surface area contributed by atoms with Crippen LogP contribution in [-0.2, 0) is 4.79 Å². The van der Waals surface area contributed by atoms with E-state index < -0.39 is 0 Å². The zero-order valence-electron chi connectivity index (χ0n) is 17.0. The van der Waals surface area contributed by atoms with Crippen LogP contribution in [0.4, 0.5) is 0 Å². The second-order valence-electron chi connectivity index (χ2n) is 8.26. The van der Waals surface area contributed by atoms with Crippen LogP contribution < -0.4 is 0 Å². The Hall–Kier alpha value is -1.59. The van der Waals surface area contributed by atoms with Crippen LogP contribution in [0.25, 0.3) is 6.08 Å². The van der Waals surface area contributed by atoms with E-state index in [4.69, 9.17) is 4.42 Å². The number of carbonyl (C=O) groups is 1. The first kappa shape index (κ1) is 20.2. The Balaban J connectivity index is 1.37. The lowest BCUT2D eigenvalue weighted by Crippen LogP contribution is -2.44. The van der Waals surface area contributed by atoms with Crippen LogP contribution in [0, 0.1) is 5.92 Å². The molecule has 2 aliphatic rings. The summed E-state index contributed by atoms with van der Waals surface area (Å²) in [5.74, 6) is 1.89. The van der Waals surface area contributed by atoms with E-state index >= 15 is 0 Å². The number of carbonyl (C=O) groups excluding carboxylic acids is 1. The lowest BCUT2D eigenvalue weighted by Gasteiger charge is -2.36. The first-order valence-electron chi connectivity index (χ1n) is 10.5. The lowest BCUT2D eigenvalue weighted by atomic mass is 9.93. The molecule has 1 unspecified atom stereocenters. The highest BCUT2D eigenvalue weighted by molar-refractivity contribution is 5.76. The van der Waals surface area contributed by atoms with E-state index in [0.717, 1.165) is 57.7 Å². The quantitative estimate of drug-likeness (QED) is 0.735. The molecule has 0 spiro atoms. The van der Waals surface area contributed by atoms with Crippen LogP contribution in [0.1, 0.15) is 44.3 Å². The average molecular weight is 374 g/mol. The van der Waals surface area contributed by atoms with Gasteiger partial charge in [-0.3, -0.25) is 9.69 Å². The van der Waals surface area contributed by atoms with Gasteiger partial charge in [-0.15, -0.1) is 0 Å². The largest absolute Gasteiger partial charge is 0.465 e. The summed E-state index contributed by atoms with van der Waals surface area (Å²) in [6, 6.07) is 4.32. The van der Waals surface area contributed by atoms with Gasteiger partial charge in [0.05, 0.1) is 6.26 Å². The predicted molar refractivity (Wildman–Crippen MR) is 109 cm³/mol. The molecule has 3 rings (SSSR count). The first-order valence-corrected chi connectivity index (χ1v) is 10.5. The van der Waals surface area contributed by atoms with Gasteiger partial charge in [0.25, 0.3) is 0 Å². The van der Waals surface area contributed by atoms with Crippen molar-refractivity contribution in [2.45, 2.75) is 44.6 Å². The van der Waals surface area contributed by atoms with Crippen LogP contribution in [0.2, 0.25) is 0 Å². The summed E-state index contributed by atoms with van der Waals surface area (Å²) < 4.78 is 5.34. The highest BCUT2D eigenvalue weighted by Gasteiger charge is 2.25. The molecule has 0 saturated carbocycles. The van der Waals surface area contributed by atoms with Crippen molar-refractivity contribution in [3.05, 3.63) is 30.2 Å². The molecule has 2 fully saturated rings. The SMILES string of the molecule is CN1CCC(N(C)C(=O)CCC2CCCN(C/C=C/c3ccco3)C2)CC1. The van der Waals surface area contributed by atoms with E-state index in [2.05, 4.69) is 22.9 Å². The summed E-state index contributed by atoms with van der Waals surface area (Å²) in [5, 5.41) is 0. The van der Waals surface area contributed by atoms with Gasteiger partial charge in [-0.1, -0.05) is 6.08 Å². The third-order valence-electron chi connectivity index (χ3n) is 6.19. The molecule has 1 aromatic rings. The van der Waals surface area contributed by atoms with E-state index in [9.17, 15) is 4.79 Å². The molecular weight excluding hydrogens is 338 g/mol. The van der Waals surface area contributed by atoms with E-state index in [1.165, 1.54) is 12.8 Å². The summed E-state index contributed by atoms with van der Waals surface area (Å²) in [6.07, 6.45) is 12.4. The molecule has 1 aromatic heterocycles. The van der Waals surface area contributed by atoms with E-state index in [0.29, 0.717) is 24.3 Å². The number of likely N-dealkylation sites (tertiary alicyclic amines) is 2. The number of piperidine rings is 2. The maximum Gasteiger partial charge on any atom is 0.222 e. The normalized spacial score (nSPS) is 23.1. The molecule has 1 amide bonds. The van der Waals surface area contributed by atoms with Gasteiger partial charge in [-0.2, -0.15) is 0 Å². The Kier molecular flexibility index (Phi) is 7.53. The van der Waals surface area contributed by atoms with Crippen LogP contribution in [0.5, 0.6) is 0 Å². The summed E-state index contributed by atoms with van der Waals surface area (Å²) in [5.41, 5.74) is 0. The number of furan rings is 1. The molecule has 27 heavy (non-hydrogen) atoms. The molecule has 0 radical (unpaired) electrons. The van der Waals surface area contributed by atoms with Crippen molar-refractivity contribution in [2.75, 3.05) is 46.8 Å². The van der Waals surface area contributed by atoms with Gasteiger partial charge in [-0.05, 0) is 82.9 Å². The standard InChI is InChI=1S/C22H35N3O2/c1-23-15-11-20(12-16-23)24(2)22(26)10-9-19-6-3-13-25(18-19)14-4-7-21-8-5-17-27-21/h4-5,7-8,17,19-20H,3,6,9-16,18H2,1-2H3/b7-4+. The molecule has 0 aliphatic carbocycles. The van der Waals surface area contributed by atoms with Crippen molar-refractivity contribution in [2.24, 2.45) is 5.92 Å². The van der Waals surface area contributed by atoms with Gasteiger partial charge in [-0.25, -0.2) is 0 Å². The fraction of sp³-hybridized carbons (Fsp3) is 0.682. The van der Waals surface area contributed by atoms with Gasteiger partial charge in [0.1, 0.15) is 5.76 Å². The minimum absolute atomic E-state index is 0.333. The number of hydrogen-bond acceptors (Lipinski definition) is 4. The molecule has 3 heterocycles. The van der Waals surface area contributed by atoms with Gasteiger partial charge in [0.2, 0.25) is 5.91 Å². The van der Waals surface area contributed by atoms with Gasteiger partial charge >= 0.3 is 0 Å². The number of nitrogens with zero attached hydrogens (tertiary/aromatic N) is 3. The monoisotopic (exact) mass is 373 g/mol. The maximum absolute atomic E-state index is 12.6. The van der Waals surface area contributed by atoms with Crippen molar-refractivity contribution >= 4 is 12.0 Å². The second-order valence-corrected chi connectivity index (χ2v) is 8.26. The van der Waals surface area contributed by atoms with Crippen molar-refractivity contribution in [1.82, 2.24) is 14.7 Å². The third-order valence-corrected chi connectivity index (χ3v) is 6.19. The Bertz CT molecular complexity index is 591. The molecule has 0 aromatic carbocycles. The number of hydrogen-bond donors (Lipinski definition) is 0. The summed E-state index contributed by atoms with van der Waals surface area (Å²) in [6.45, 7) is 5.42. The van der Waals surface area contributed by atoms with Crippen molar-refractivity contribution in [1.29, 1.82) is 0 Å². The van der Waals surface area contributed by atoms with Crippen LogP contribution in [0.3, 0.4) is 0 Å². The molecule has 1 atom stereocenters. The molecule has 2 aliphatic heterocycles. The summed E-state index contributed by atoms with van der Waals surface area (Å²) in [4.78, 5) is 19.5. The molecule has 2 saturated heterocycles. The predicted octanol–water partition coefficient (Wildman–Crippen LogP) is 3.34. The van der Waals surface area contributed by atoms with Crippen molar-refractivity contribution in [3.8, 4) is 0 Å². The summed E-state index contributed by atoms with van der Waals surface area (Å²) in [7, 11) is 4.17. The smallest absolute Gasteiger partial charge is 0.222 e. The molecule has 0 N–H and O–H groups in total. The molecule has 0 bridgehead atoms. The van der Waals surface area contributed by atoms with Gasteiger partial charge in [0, 0.05) is 32.6 Å². The second kappa shape index (κ2) is 10.1. The Morgan fingerprint density at radius 1 is 1.30 bits per heavy atom. The molecule has 5 nitrogen and oxygen atoms in total. The number of amides is 1. The van der Waals surface area contributed by atoms with E-state index in [1.54, 1.807) is 6.26 Å². The van der Waals surface area contributed by atoms with Crippen LogP contribution >= 0.6 is 0 Å². The van der Waals surface area contributed by atoms with E-state index in [1.807, 2.05) is 30.2 Å². The van der Waals surface area contributed by atoms with Crippen LogP contribution in [0.15, 0.2) is 28.9 Å². The van der Waals surface area contributed by atoms with Crippen molar-refractivity contribution < 1.29 is 9.21 Å². The topological polar surface area (TPSA) is 39.9 Å². The molecule has 5 heteroatoms. The summed E-state index contributed by atoms with van der Waals surface area (Å²) >= 11 is 0. The lowest BCUT2D eigenvalue weighted by molar-refractivity contribution is -0.133. The minimum atomic E-state index is 0.333. The van der Waals surface area contributed by atoms with Crippen molar-refractivity contribution in [3.63, 3.8) is 0 Å². The minimum Gasteiger partial charge on any atom is -0.465 e. The highest BCUT2D eigenvalue weighted by atomic mass is 16.3. The Morgan fingerprint density at radius 2 is 2.11 bits per heavy atom. The fourth-order valence-corrected chi connectivity index (χ4v) is 4.35. The Labute approximate surface area is 164 Å². The Morgan fingerprint density at radius 3 is 2.85 bits per heavy atom. The average Bonchev–Trinajstić information content (AvgIpc) is 3.20. The fourth-order valence-electron chi connectivity index (χ4n) is 4.35. The van der Waals surface area contributed by atoms with E-state index in [-0.39, 0.29) is 0 Å². The highest BCUT2D eigenvalue weighted by Crippen LogP contribution is 2.22. The van der Waals surface area contributed by atoms with Gasteiger partial charge < -0.3 is 14.2 Å². The van der Waals surface area contributed by atoms with Gasteiger partial charge in [0.15, 0.2) is 0 Å². The molecule has 150 valence electrons. The molecular formula is C22H35N3O2. The van der Waals surface area contributed by atoms with Crippen LogP contribution in [-0.4, -0.2) is 73.5 Å². The zero-order valence-corrected chi connectivity index (χ0v) is 17.0. The third kappa shape index (κ3) is 6.22. The first-order chi connectivity index (χ1) is 13.1. The maximum atomic E-state index is 12.6.